The number of carboxylic acid groups (broad SMARTS) is 1. The van der Waals surface area contributed by atoms with E-state index < -0.39 is 16.0 Å². The predicted molar refractivity (Wildman–Crippen MR) is 83.1 cm³/mol. The first-order chi connectivity index (χ1) is 9.83. The number of hydrogen-bond acceptors (Lipinski definition) is 4. The van der Waals surface area contributed by atoms with Crippen molar-refractivity contribution >= 4 is 43.3 Å². The highest BCUT2D eigenvalue weighted by atomic mass is 79.9. The number of sulfonamides is 1. The molecule has 2 aromatic heterocycles. The van der Waals surface area contributed by atoms with Crippen molar-refractivity contribution in [1.29, 1.82) is 0 Å². The van der Waals surface area contributed by atoms with Gasteiger partial charge in [0, 0.05) is 24.2 Å². The van der Waals surface area contributed by atoms with Crippen LogP contribution in [0.3, 0.4) is 0 Å². The van der Waals surface area contributed by atoms with E-state index in [1.807, 2.05) is 12.1 Å². The summed E-state index contributed by atoms with van der Waals surface area (Å²) in [6, 6.07) is 4.82. The minimum absolute atomic E-state index is 0.0441. The van der Waals surface area contributed by atoms with Crippen LogP contribution < -0.4 is 4.72 Å². The topological polar surface area (TPSA) is 88.4 Å². The minimum atomic E-state index is -3.74. The second-order valence-corrected chi connectivity index (χ2v) is 8.50. The maximum atomic E-state index is 12.2. The zero-order valence-corrected chi connectivity index (χ0v) is 14.3. The summed E-state index contributed by atoms with van der Waals surface area (Å²) >= 11 is 4.74. The van der Waals surface area contributed by atoms with Gasteiger partial charge in [0.05, 0.1) is 3.79 Å². The van der Waals surface area contributed by atoms with Crippen molar-refractivity contribution in [2.75, 3.05) is 0 Å². The van der Waals surface area contributed by atoms with Gasteiger partial charge in [0.2, 0.25) is 10.0 Å². The highest BCUT2D eigenvalue weighted by Crippen LogP contribution is 2.22. The summed E-state index contributed by atoms with van der Waals surface area (Å²) in [5.41, 5.74) is -0.0447. The normalized spacial score (nSPS) is 11.7. The average molecular weight is 393 g/mol. The molecule has 6 nitrogen and oxygen atoms in total. The molecule has 0 amide bonds. The molecule has 0 atom stereocenters. The van der Waals surface area contributed by atoms with Gasteiger partial charge < -0.3 is 9.67 Å². The first kappa shape index (κ1) is 16.2. The van der Waals surface area contributed by atoms with Gasteiger partial charge in [-0.25, -0.2) is 17.9 Å². The molecule has 0 spiro atoms. The van der Waals surface area contributed by atoms with Gasteiger partial charge in [-0.05, 0) is 41.1 Å². The van der Waals surface area contributed by atoms with E-state index in [1.54, 1.807) is 6.92 Å². The summed E-state index contributed by atoms with van der Waals surface area (Å²) in [4.78, 5) is 11.9. The first-order valence-electron chi connectivity index (χ1n) is 6.01. The van der Waals surface area contributed by atoms with Gasteiger partial charge in [-0.3, -0.25) is 0 Å². The quantitative estimate of drug-likeness (QED) is 0.790. The van der Waals surface area contributed by atoms with Crippen LogP contribution >= 0.6 is 27.3 Å². The van der Waals surface area contributed by atoms with Crippen LogP contribution in [-0.2, 0) is 23.1 Å². The lowest BCUT2D eigenvalue weighted by Gasteiger charge is -2.03. The van der Waals surface area contributed by atoms with Gasteiger partial charge in [-0.1, -0.05) is 0 Å². The van der Waals surface area contributed by atoms with Crippen molar-refractivity contribution < 1.29 is 18.3 Å². The number of carbonyl (C=O) groups is 1. The summed E-state index contributed by atoms with van der Waals surface area (Å²) < 4.78 is 29.2. The average Bonchev–Trinajstić information content (AvgIpc) is 3.02. The molecular weight excluding hydrogens is 380 g/mol. The zero-order valence-electron chi connectivity index (χ0n) is 11.0. The fourth-order valence-electron chi connectivity index (χ4n) is 1.77. The number of nitrogens with zero attached hydrogens (tertiary/aromatic N) is 1. The highest BCUT2D eigenvalue weighted by molar-refractivity contribution is 9.11. The number of carboxylic acids is 1. The number of aromatic nitrogens is 1. The van der Waals surface area contributed by atoms with Gasteiger partial charge >= 0.3 is 5.97 Å². The maximum Gasteiger partial charge on any atom is 0.352 e. The zero-order chi connectivity index (χ0) is 15.6. The molecule has 0 unspecified atom stereocenters. The monoisotopic (exact) mass is 392 g/mol. The molecule has 114 valence electrons. The van der Waals surface area contributed by atoms with Crippen LogP contribution in [0.15, 0.2) is 33.1 Å². The first-order valence-corrected chi connectivity index (χ1v) is 9.10. The van der Waals surface area contributed by atoms with Crippen LogP contribution in [0.4, 0.5) is 0 Å². The Bertz CT molecular complexity index is 764. The van der Waals surface area contributed by atoms with E-state index in [4.69, 9.17) is 5.11 Å². The molecule has 0 aliphatic heterocycles. The van der Waals surface area contributed by atoms with Crippen LogP contribution in [0.5, 0.6) is 0 Å². The third-order valence-electron chi connectivity index (χ3n) is 2.81. The Hall–Kier alpha value is -1.16. The third-order valence-corrected chi connectivity index (χ3v) is 5.80. The summed E-state index contributed by atoms with van der Waals surface area (Å²) in [6.07, 6.45) is 1.33. The Morgan fingerprint density at radius 3 is 2.67 bits per heavy atom. The lowest BCUT2D eigenvalue weighted by molar-refractivity contribution is 0.0685. The summed E-state index contributed by atoms with van der Waals surface area (Å²) in [5.74, 6) is -1.15. The number of rotatable bonds is 6. The lowest BCUT2D eigenvalue weighted by atomic mass is 10.4. The van der Waals surface area contributed by atoms with Gasteiger partial charge in [-0.2, -0.15) is 0 Å². The number of halogens is 1. The molecule has 0 bridgehead atoms. The summed E-state index contributed by atoms with van der Waals surface area (Å²) in [7, 11) is -3.74. The van der Waals surface area contributed by atoms with E-state index in [1.165, 1.54) is 28.2 Å². The van der Waals surface area contributed by atoms with Crippen molar-refractivity contribution in [2.45, 2.75) is 24.9 Å². The molecule has 2 rings (SSSR count). The molecule has 2 aromatic rings. The number of aromatic carboxylic acids is 1. The maximum absolute atomic E-state index is 12.2. The molecule has 0 radical (unpaired) electrons. The minimum Gasteiger partial charge on any atom is -0.477 e. The molecule has 0 aromatic carbocycles. The lowest BCUT2D eigenvalue weighted by Crippen LogP contribution is -2.22. The predicted octanol–water partition coefficient (Wildman–Crippen LogP) is 2.51. The van der Waals surface area contributed by atoms with Crippen molar-refractivity contribution in [3.8, 4) is 0 Å². The van der Waals surface area contributed by atoms with Gasteiger partial charge in [0.1, 0.15) is 10.6 Å². The molecule has 0 saturated carbocycles. The molecular formula is C12H13BrN2O4S2. The van der Waals surface area contributed by atoms with Crippen LogP contribution in [0.25, 0.3) is 0 Å². The second-order valence-electron chi connectivity index (χ2n) is 4.18. The van der Waals surface area contributed by atoms with Gasteiger partial charge in [0.15, 0.2) is 0 Å². The molecule has 0 fully saturated rings. The summed E-state index contributed by atoms with van der Waals surface area (Å²) in [6.45, 7) is 2.30. The standard InChI is InChI=1S/C12H13BrN2O4S2/c1-2-15-7-9(5-10(15)12(16)17)21(18,19)14-6-8-3-4-11(13)20-8/h3-5,7,14H,2,6H2,1H3,(H,16,17). The van der Waals surface area contributed by atoms with Gasteiger partial charge in [-0.15, -0.1) is 11.3 Å². The number of aryl methyl sites for hydroxylation is 1. The van der Waals surface area contributed by atoms with E-state index in [-0.39, 0.29) is 17.1 Å². The number of nitrogens with one attached hydrogen (secondary N) is 1. The van der Waals surface area contributed by atoms with Crippen LogP contribution in [0, 0.1) is 0 Å². The third kappa shape index (κ3) is 3.73. The molecule has 2 heterocycles. The van der Waals surface area contributed by atoms with Crippen molar-refractivity contribution in [3.63, 3.8) is 0 Å². The van der Waals surface area contributed by atoms with Crippen molar-refractivity contribution in [3.05, 3.63) is 38.8 Å². The van der Waals surface area contributed by atoms with Crippen molar-refractivity contribution in [2.24, 2.45) is 0 Å². The molecule has 0 saturated heterocycles. The molecule has 2 N–H and O–H groups in total. The number of thiophene rings is 1. The summed E-state index contributed by atoms with van der Waals surface area (Å²) in [5, 5.41) is 9.05. The van der Waals surface area contributed by atoms with E-state index in [0.717, 1.165) is 8.66 Å². The van der Waals surface area contributed by atoms with E-state index in [2.05, 4.69) is 20.7 Å². The SMILES string of the molecule is CCn1cc(S(=O)(=O)NCc2ccc(Br)s2)cc1C(=O)O. The number of hydrogen-bond donors (Lipinski definition) is 2. The van der Waals surface area contributed by atoms with E-state index >= 15 is 0 Å². The second kappa shape index (κ2) is 6.30. The van der Waals surface area contributed by atoms with Crippen LogP contribution in [0.1, 0.15) is 22.3 Å². The fourth-order valence-corrected chi connectivity index (χ4v) is 4.33. The highest BCUT2D eigenvalue weighted by Gasteiger charge is 2.20. The molecule has 0 aliphatic rings. The molecule has 21 heavy (non-hydrogen) atoms. The van der Waals surface area contributed by atoms with Crippen LogP contribution in [-0.4, -0.2) is 24.1 Å². The molecule has 0 aliphatic carbocycles. The Morgan fingerprint density at radius 1 is 1.48 bits per heavy atom. The Kier molecular flexibility index (Phi) is 4.87. The fraction of sp³-hybridized carbons (Fsp3) is 0.250. The Morgan fingerprint density at radius 2 is 2.19 bits per heavy atom. The smallest absolute Gasteiger partial charge is 0.352 e. The van der Waals surface area contributed by atoms with E-state index in [0.29, 0.717) is 6.54 Å². The van der Waals surface area contributed by atoms with Gasteiger partial charge in [0.25, 0.3) is 0 Å². The Balaban J connectivity index is 2.21. The van der Waals surface area contributed by atoms with E-state index in [9.17, 15) is 13.2 Å². The molecule has 9 heteroatoms. The van der Waals surface area contributed by atoms with Crippen LogP contribution in [0.2, 0.25) is 0 Å². The largest absolute Gasteiger partial charge is 0.477 e. The van der Waals surface area contributed by atoms with Crippen molar-refractivity contribution in [1.82, 2.24) is 9.29 Å². The Labute approximate surface area is 134 Å².